The number of allylic oxidation sites excluding steroid dienone is 2. The topological polar surface area (TPSA) is 0 Å². The molecule has 3 aliphatic carbocycles. The Bertz CT molecular complexity index is 375. The highest BCUT2D eigenvalue weighted by Gasteiger charge is 2.50. The molecule has 0 N–H and O–H groups in total. The molecular formula is C18H30. The van der Waals surface area contributed by atoms with Crippen molar-refractivity contribution in [3.05, 3.63) is 11.1 Å². The predicted molar refractivity (Wildman–Crippen MR) is 78.5 cm³/mol. The second-order valence-electron chi connectivity index (χ2n) is 7.93. The van der Waals surface area contributed by atoms with Gasteiger partial charge >= 0.3 is 0 Å². The monoisotopic (exact) mass is 246 g/mol. The summed E-state index contributed by atoms with van der Waals surface area (Å²) >= 11 is 0. The van der Waals surface area contributed by atoms with E-state index >= 15 is 0 Å². The summed E-state index contributed by atoms with van der Waals surface area (Å²) in [4.78, 5) is 0. The van der Waals surface area contributed by atoms with Crippen LogP contribution in [-0.2, 0) is 0 Å². The van der Waals surface area contributed by atoms with E-state index in [-0.39, 0.29) is 0 Å². The van der Waals surface area contributed by atoms with Crippen LogP contribution >= 0.6 is 0 Å². The van der Waals surface area contributed by atoms with Crippen LogP contribution in [0.15, 0.2) is 11.1 Å². The number of rotatable bonds is 1. The molecule has 0 spiro atoms. The minimum atomic E-state index is 0.529. The molecule has 3 aliphatic rings. The second-order valence-corrected chi connectivity index (χ2v) is 7.93. The highest BCUT2D eigenvalue weighted by molar-refractivity contribution is 5.36. The summed E-state index contributed by atoms with van der Waals surface area (Å²) in [5, 5.41) is 0. The SMILES string of the molecule is CC(C)[C@@]1(C)CCC2=C1CC[C@H]1CCCC[C@]21C. The molecule has 0 unspecified atom stereocenters. The maximum absolute atomic E-state index is 2.61. The minimum Gasteiger partial charge on any atom is -0.0642 e. The lowest BCUT2D eigenvalue weighted by atomic mass is 9.57. The molecular weight excluding hydrogens is 216 g/mol. The summed E-state index contributed by atoms with van der Waals surface area (Å²) in [5.74, 6) is 1.83. The van der Waals surface area contributed by atoms with E-state index in [0.29, 0.717) is 10.8 Å². The van der Waals surface area contributed by atoms with Crippen molar-refractivity contribution in [2.75, 3.05) is 0 Å². The molecule has 18 heavy (non-hydrogen) atoms. The van der Waals surface area contributed by atoms with Gasteiger partial charge in [-0.2, -0.15) is 0 Å². The number of fused-ring (bicyclic) bond motifs is 2. The lowest BCUT2D eigenvalue weighted by Crippen LogP contribution is -2.37. The first-order valence-electron chi connectivity index (χ1n) is 8.21. The first-order valence-corrected chi connectivity index (χ1v) is 8.21. The summed E-state index contributed by atoms with van der Waals surface area (Å²) in [7, 11) is 0. The largest absolute Gasteiger partial charge is 0.0642 e. The molecule has 0 aliphatic heterocycles. The Morgan fingerprint density at radius 1 is 0.944 bits per heavy atom. The zero-order chi connectivity index (χ0) is 13.0. The molecule has 0 aromatic rings. The van der Waals surface area contributed by atoms with Crippen LogP contribution in [0, 0.1) is 22.7 Å². The van der Waals surface area contributed by atoms with Crippen LogP contribution in [0.5, 0.6) is 0 Å². The van der Waals surface area contributed by atoms with Gasteiger partial charge in [0.1, 0.15) is 0 Å². The van der Waals surface area contributed by atoms with Crippen molar-refractivity contribution in [1.82, 2.24) is 0 Å². The first-order chi connectivity index (χ1) is 8.48. The average molecular weight is 246 g/mol. The third kappa shape index (κ3) is 1.57. The maximum Gasteiger partial charge on any atom is -0.00851 e. The average Bonchev–Trinajstić information content (AvgIpc) is 2.69. The van der Waals surface area contributed by atoms with Crippen molar-refractivity contribution in [3.63, 3.8) is 0 Å². The normalized spacial score (nSPS) is 44.2. The van der Waals surface area contributed by atoms with E-state index in [4.69, 9.17) is 0 Å². The van der Waals surface area contributed by atoms with Crippen molar-refractivity contribution < 1.29 is 0 Å². The minimum absolute atomic E-state index is 0.529. The summed E-state index contributed by atoms with van der Waals surface area (Å²) in [6, 6.07) is 0. The van der Waals surface area contributed by atoms with Crippen molar-refractivity contribution in [2.45, 2.75) is 79.1 Å². The van der Waals surface area contributed by atoms with Crippen molar-refractivity contribution in [1.29, 1.82) is 0 Å². The van der Waals surface area contributed by atoms with E-state index in [2.05, 4.69) is 27.7 Å². The molecule has 0 bridgehead atoms. The molecule has 1 saturated carbocycles. The maximum atomic E-state index is 2.61. The van der Waals surface area contributed by atoms with Crippen LogP contribution in [0.1, 0.15) is 79.1 Å². The zero-order valence-corrected chi connectivity index (χ0v) is 12.8. The Labute approximate surface area is 113 Å². The Balaban J connectivity index is 2.02. The van der Waals surface area contributed by atoms with E-state index in [9.17, 15) is 0 Å². The Hall–Kier alpha value is -0.260. The highest BCUT2D eigenvalue weighted by Crippen LogP contribution is 2.62. The summed E-state index contributed by atoms with van der Waals surface area (Å²) < 4.78 is 0. The quantitative estimate of drug-likeness (QED) is 0.518. The van der Waals surface area contributed by atoms with Gasteiger partial charge in [-0.3, -0.25) is 0 Å². The number of hydrogen-bond donors (Lipinski definition) is 0. The lowest BCUT2D eigenvalue weighted by Gasteiger charge is -2.48. The van der Waals surface area contributed by atoms with E-state index in [0.717, 1.165) is 11.8 Å². The van der Waals surface area contributed by atoms with Gasteiger partial charge in [0.05, 0.1) is 0 Å². The van der Waals surface area contributed by atoms with Crippen LogP contribution < -0.4 is 0 Å². The molecule has 0 saturated heterocycles. The van der Waals surface area contributed by atoms with Gasteiger partial charge in [0, 0.05) is 0 Å². The molecule has 0 nitrogen and oxygen atoms in total. The van der Waals surface area contributed by atoms with E-state index < -0.39 is 0 Å². The van der Waals surface area contributed by atoms with Crippen LogP contribution in [0.4, 0.5) is 0 Å². The predicted octanol–water partition coefficient (Wildman–Crippen LogP) is 5.73. The molecule has 0 aromatic carbocycles. The smallest absolute Gasteiger partial charge is 0.00851 e. The van der Waals surface area contributed by atoms with Gasteiger partial charge in [0.25, 0.3) is 0 Å². The summed E-state index contributed by atoms with van der Waals surface area (Å²) in [6.07, 6.45) is 11.7. The molecule has 3 atom stereocenters. The van der Waals surface area contributed by atoms with E-state index in [1.807, 2.05) is 11.1 Å². The van der Waals surface area contributed by atoms with E-state index in [1.54, 1.807) is 0 Å². The van der Waals surface area contributed by atoms with Gasteiger partial charge < -0.3 is 0 Å². The zero-order valence-electron chi connectivity index (χ0n) is 12.8. The first kappa shape index (κ1) is 12.8. The van der Waals surface area contributed by atoms with Gasteiger partial charge in [-0.1, -0.05) is 51.7 Å². The van der Waals surface area contributed by atoms with Crippen molar-refractivity contribution in [2.24, 2.45) is 22.7 Å². The van der Waals surface area contributed by atoms with Gasteiger partial charge in [0.15, 0.2) is 0 Å². The molecule has 0 radical (unpaired) electrons. The van der Waals surface area contributed by atoms with Gasteiger partial charge in [0.2, 0.25) is 0 Å². The van der Waals surface area contributed by atoms with E-state index in [1.165, 1.54) is 51.4 Å². The standard InChI is InChI=1S/C18H30/c1-13(2)17(3)12-10-16-15(17)9-8-14-7-5-6-11-18(14,16)4/h13-14H,5-12H2,1-4H3/t14-,17-,18+/m1/s1. The third-order valence-corrected chi connectivity index (χ3v) is 7.05. The fraction of sp³-hybridized carbons (Fsp3) is 0.889. The van der Waals surface area contributed by atoms with Crippen LogP contribution in [0.2, 0.25) is 0 Å². The fourth-order valence-electron chi connectivity index (χ4n) is 5.32. The van der Waals surface area contributed by atoms with Gasteiger partial charge in [-0.25, -0.2) is 0 Å². The van der Waals surface area contributed by atoms with Crippen LogP contribution in [-0.4, -0.2) is 0 Å². The molecule has 0 heteroatoms. The van der Waals surface area contributed by atoms with Gasteiger partial charge in [-0.05, 0) is 61.2 Å². The molecule has 1 fully saturated rings. The van der Waals surface area contributed by atoms with Gasteiger partial charge in [-0.15, -0.1) is 0 Å². The Morgan fingerprint density at radius 3 is 2.44 bits per heavy atom. The molecule has 0 heterocycles. The number of hydrogen-bond acceptors (Lipinski definition) is 0. The van der Waals surface area contributed by atoms with Crippen molar-refractivity contribution >= 4 is 0 Å². The van der Waals surface area contributed by atoms with Crippen LogP contribution in [0.25, 0.3) is 0 Å². The highest BCUT2D eigenvalue weighted by atomic mass is 14.5. The molecule has 102 valence electrons. The Kier molecular flexibility index (Phi) is 2.92. The third-order valence-electron chi connectivity index (χ3n) is 7.05. The second kappa shape index (κ2) is 4.12. The summed E-state index contributed by atoms with van der Waals surface area (Å²) in [6.45, 7) is 10.0. The Morgan fingerprint density at radius 2 is 1.72 bits per heavy atom. The molecule has 0 amide bonds. The van der Waals surface area contributed by atoms with Crippen molar-refractivity contribution in [3.8, 4) is 0 Å². The summed E-state index contributed by atoms with van der Waals surface area (Å²) in [5.41, 5.74) is 4.95. The fourth-order valence-corrected chi connectivity index (χ4v) is 5.32. The lowest BCUT2D eigenvalue weighted by molar-refractivity contribution is 0.129. The molecule has 0 aromatic heterocycles. The molecule has 3 rings (SSSR count). The van der Waals surface area contributed by atoms with Crippen LogP contribution in [0.3, 0.4) is 0 Å².